The average molecular weight is 554 g/mol. The molecular formula is C29H26Cl2N2O3S. The van der Waals surface area contributed by atoms with Crippen LogP contribution in [0.25, 0.3) is 22.2 Å². The summed E-state index contributed by atoms with van der Waals surface area (Å²) in [5.74, 6) is -0.111. The summed E-state index contributed by atoms with van der Waals surface area (Å²) in [7, 11) is 0. The number of benzene rings is 2. The van der Waals surface area contributed by atoms with Crippen LogP contribution in [-0.4, -0.2) is 23.5 Å². The Morgan fingerprint density at radius 3 is 2.68 bits per heavy atom. The lowest BCUT2D eigenvalue weighted by Crippen LogP contribution is -2.17. The molecule has 1 atom stereocenters. The second-order valence-corrected chi connectivity index (χ2v) is 11.0. The number of esters is 1. The largest absolute Gasteiger partial charge is 0.462 e. The zero-order valence-electron chi connectivity index (χ0n) is 20.6. The van der Waals surface area contributed by atoms with Crippen LogP contribution in [0.2, 0.25) is 10.0 Å². The SMILES string of the molecule is CCOC(=O)c1c(NC(=O)c2cc(-c3ccc(Cl)c(Cl)c3)nc3ccccc23)sc2c1CCC(CC)C2. The number of rotatable bonds is 6. The Kier molecular flexibility index (Phi) is 7.52. The number of aromatic nitrogens is 1. The van der Waals surface area contributed by atoms with E-state index in [2.05, 4.69) is 12.2 Å². The van der Waals surface area contributed by atoms with Crippen LogP contribution in [0.1, 0.15) is 57.8 Å². The van der Waals surface area contributed by atoms with Gasteiger partial charge in [-0.3, -0.25) is 4.79 Å². The summed E-state index contributed by atoms with van der Waals surface area (Å²) in [6.45, 7) is 4.25. The van der Waals surface area contributed by atoms with Crippen molar-refractivity contribution in [1.29, 1.82) is 0 Å². The summed E-state index contributed by atoms with van der Waals surface area (Å²) in [5, 5.41) is 5.17. The van der Waals surface area contributed by atoms with E-state index >= 15 is 0 Å². The number of amides is 1. The fraction of sp³-hybridized carbons (Fsp3) is 0.276. The number of pyridine rings is 1. The van der Waals surface area contributed by atoms with Gasteiger partial charge < -0.3 is 10.1 Å². The molecule has 5 rings (SSSR count). The molecule has 0 fully saturated rings. The van der Waals surface area contributed by atoms with Gasteiger partial charge >= 0.3 is 5.97 Å². The van der Waals surface area contributed by atoms with Gasteiger partial charge in [0, 0.05) is 15.8 Å². The van der Waals surface area contributed by atoms with E-state index in [0.717, 1.165) is 41.7 Å². The molecule has 4 aromatic rings. The lowest BCUT2D eigenvalue weighted by molar-refractivity contribution is 0.0526. The Morgan fingerprint density at radius 1 is 1.11 bits per heavy atom. The monoisotopic (exact) mass is 552 g/mol. The van der Waals surface area contributed by atoms with Gasteiger partial charge in [0.25, 0.3) is 5.91 Å². The van der Waals surface area contributed by atoms with Crippen molar-refractivity contribution in [2.75, 3.05) is 11.9 Å². The van der Waals surface area contributed by atoms with Gasteiger partial charge in [-0.2, -0.15) is 0 Å². The van der Waals surface area contributed by atoms with Crippen molar-refractivity contribution in [2.45, 2.75) is 39.5 Å². The quantitative estimate of drug-likeness (QED) is 0.244. The van der Waals surface area contributed by atoms with Crippen molar-refractivity contribution in [3.63, 3.8) is 0 Å². The maximum atomic E-state index is 13.8. The first-order valence-corrected chi connectivity index (χ1v) is 13.9. The first-order chi connectivity index (χ1) is 17.9. The van der Waals surface area contributed by atoms with Crippen molar-refractivity contribution >= 4 is 62.3 Å². The summed E-state index contributed by atoms with van der Waals surface area (Å²) in [4.78, 5) is 32.7. The van der Waals surface area contributed by atoms with Crippen molar-refractivity contribution in [3.05, 3.63) is 80.1 Å². The Hall–Kier alpha value is -2.93. The molecule has 0 spiro atoms. The van der Waals surface area contributed by atoms with E-state index in [9.17, 15) is 9.59 Å². The molecule has 0 bridgehead atoms. The number of carbonyl (C=O) groups excluding carboxylic acids is 2. The Labute approximate surface area is 229 Å². The molecule has 1 aliphatic rings. The zero-order chi connectivity index (χ0) is 26.1. The highest BCUT2D eigenvalue weighted by atomic mass is 35.5. The zero-order valence-corrected chi connectivity index (χ0v) is 22.9. The Morgan fingerprint density at radius 2 is 1.92 bits per heavy atom. The third-order valence-electron chi connectivity index (χ3n) is 6.83. The standard InChI is InChI=1S/C29H26Cl2N2O3S/c1-3-16-9-11-19-25(13-16)37-28(26(19)29(35)36-4-2)33-27(34)20-15-24(17-10-12-21(30)22(31)14-17)32-23-8-6-5-7-18(20)23/h5-8,10,12,14-16H,3-4,9,11,13H2,1-2H3,(H,33,34). The van der Waals surface area contributed by atoms with Gasteiger partial charge in [0.05, 0.1) is 39.0 Å². The second-order valence-electron chi connectivity index (χ2n) is 9.10. The van der Waals surface area contributed by atoms with Crippen molar-refractivity contribution in [2.24, 2.45) is 5.92 Å². The molecule has 1 N–H and O–H groups in total. The molecular weight excluding hydrogens is 527 g/mol. The van der Waals surface area contributed by atoms with Crippen LogP contribution >= 0.6 is 34.5 Å². The van der Waals surface area contributed by atoms with Gasteiger partial charge in [-0.05, 0) is 61.9 Å². The third kappa shape index (κ3) is 5.11. The molecule has 1 unspecified atom stereocenters. The number of hydrogen-bond acceptors (Lipinski definition) is 5. The van der Waals surface area contributed by atoms with E-state index in [4.69, 9.17) is 32.9 Å². The topological polar surface area (TPSA) is 68.3 Å². The predicted octanol–water partition coefficient (Wildman–Crippen LogP) is 8.21. The summed E-state index contributed by atoms with van der Waals surface area (Å²) in [6.07, 6.45) is 3.85. The molecule has 2 aromatic carbocycles. The number of hydrogen-bond donors (Lipinski definition) is 1. The smallest absolute Gasteiger partial charge is 0.341 e. The highest BCUT2D eigenvalue weighted by Gasteiger charge is 2.30. The van der Waals surface area contributed by atoms with E-state index in [1.165, 1.54) is 11.3 Å². The summed E-state index contributed by atoms with van der Waals surface area (Å²) >= 11 is 13.8. The number of fused-ring (bicyclic) bond motifs is 2. The van der Waals surface area contributed by atoms with E-state index in [0.29, 0.717) is 48.7 Å². The first kappa shape index (κ1) is 25.7. The number of ether oxygens (including phenoxy) is 1. The van der Waals surface area contributed by atoms with E-state index in [-0.39, 0.29) is 18.5 Å². The van der Waals surface area contributed by atoms with Crippen LogP contribution in [0, 0.1) is 5.92 Å². The third-order valence-corrected chi connectivity index (χ3v) is 8.74. The van der Waals surface area contributed by atoms with E-state index in [1.54, 1.807) is 25.1 Å². The van der Waals surface area contributed by atoms with Crippen LogP contribution < -0.4 is 5.32 Å². The number of para-hydroxylation sites is 1. The lowest BCUT2D eigenvalue weighted by Gasteiger charge is -2.20. The molecule has 0 radical (unpaired) electrons. The number of anilines is 1. The number of thiophene rings is 1. The van der Waals surface area contributed by atoms with Crippen LogP contribution in [0.3, 0.4) is 0 Å². The summed E-state index contributed by atoms with van der Waals surface area (Å²) in [6, 6.07) is 14.5. The molecule has 190 valence electrons. The van der Waals surface area contributed by atoms with Crippen LogP contribution in [0.4, 0.5) is 5.00 Å². The molecule has 2 heterocycles. The molecule has 37 heavy (non-hydrogen) atoms. The molecule has 5 nitrogen and oxygen atoms in total. The average Bonchev–Trinajstić information content (AvgIpc) is 3.26. The summed E-state index contributed by atoms with van der Waals surface area (Å²) in [5.41, 5.74) is 3.99. The van der Waals surface area contributed by atoms with Gasteiger partial charge in [-0.1, -0.05) is 60.8 Å². The minimum Gasteiger partial charge on any atom is -0.462 e. The first-order valence-electron chi connectivity index (χ1n) is 12.4. The maximum Gasteiger partial charge on any atom is 0.341 e. The van der Waals surface area contributed by atoms with Crippen LogP contribution in [-0.2, 0) is 17.6 Å². The second kappa shape index (κ2) is 10.8. The molecule has 0 saturated carbocycles. The van der Waals surface area contributed by atoms with E-state index in [1.807, 2.05) is 30.3 Å². The highest BCUT2D eigenvalue weighted by Crippen LogP contribution is 2.41. The predicted molar refractivity (Wildman–Crippen MR) is 151 cm³/mol. The van der Waals surface area contributed by atoms with Gasteiger partial charge in [0.2, 0.25) is 0 Å². The van der Waals surface area contributed by atoms with Gasteiger partial charge in [0.1, 0.15) is 5.00 Å². The van der Waals surface area contributed by atoms with Crippen LogP contribution in [0.5, 0.6) is 0 Å². The molecule has 0 aliphatic heterocycles. The van der Waals surface area contributed by atoms with Gasteiger partial charge in [-0.25, -0.2) is 9.78 Å². The van der Waals surface area contributed by atoms with Crippen molar-refractivity contribution < 1.29 is 14.3 Å². The van der Waals surface area contributed by atoms with Gasteiger partial charge in [0.15, 0.2) is 0 Å². The normalized spacial score (nSPS) is 14.9. The Balaban J connectivity index is 1.57. The number of nitrogens with one attached hydrogen (secondary N) is 1. The maximum absolute atomic E-state index is 13.8. The van der Waals surface area contributed by atoms with Gasteiger partial charge in [-0.15, -0.1) is 11.3 Å². The molecule has 8 heteroatoms. The summed E-state index contributed by atoms with van der Waals surface area (Å²) < 4.78 is 5.38. The molecule has 1 aliphatic carbocycles. The minimum atomic E-state index is -0.388. The van der Waals surface area contributed by atoms with Crippen LogP contribution in [0.15, 0.2) is 48.5 Å². The highest BCUT2D eigenvalue weighted by molar-refractivity contribution is 7.17. The molecule has 1 amide bonds. The molecule has 2 aromatic heterocycles. The fourth-order valence-corrected chi connectivity index (χ4v) is 6.49. The lowest BCUT2D eigenvalue weighted by atomic mass is 9.85. The number of carbonyl (C=O) groups is 2. The number of halogens is 2. The van der Waals surface area contributed by atoms with Crippen molar-refractivity contribution in [1.82, 2.24) is 4.98 Å². The number of nitrogens with zero attached hydrogens (tertiary/aromatic N) is 1. The fourth-order valence-electron chi connectivity index (χ4n) is 4.85. The van der Waals surface area contributed by atoms with Crippen molar-refractivity contribution in [3.8, 4) is 11.3 Å². The minimum absolute atomic E-state index is 0.274. The molecule has 0 saturated heterocycles. The van der Waals surface area contributed by atoms with E-state index < -0.39 is 0 Å². The Bertz CT molecular complexity index is 1510.